The van der Waals surface area contributed by atoms with Gasteiger partial charge < -0.3 is 0 Å². The second-order valence-corrected chi connectivity index (χ2v) is 3.74. The zero-order valence-corrected chi connectivity index (χ0v) is 9.00. The minimum atomic E-state index is 0.561. The molecular formula is C13H16N2. The van der Waals surface area contributed by atoms with E-state index in [1.807, 2.05) is 23.1 Å². The number of hydrogen-bond acceptors (Lipinski definition) is 1. The van der Waals surface area contributed by atoms with Crippen molar-refractivity contribution in [1.82, 2.24) is 9.78 Å². The van der Waals surface area contributed by atoms with Gasteiger partial charge in [0.2, 0.25) is 0 Å². The Labute approximate surface area is 90.6 Å². The highest BCUT2D eigenvalue weighted by Crippen LogP contribution is 2.20. The Balaban J connectivity index is 2.12. The maximum absolute atomic E-state index is 4.25. The van der Waals surface area contributed by atoms with Gasteiger partial charge in [0.15, 0.2) is 0 Å². The molecular weight excluding hydrogens is 184 g/mol. The van der Waals surface area contributed by atoms with Gasteiger partial charge in [0.25, 0.3) is 0 Å². The van der Waals surface area contributed by atoms with E-state index < -0.39 is 0 Å². The molecule has 0 spiro atoms. The second-order valence-electron chi connectivity index (χ2n) is 3.74. The smallest absolute Gasteiger partial charge is 0.0489 e. The molecule has 1 aromatic heterocycles. The van der Waals surface area contributed by atoms with Crippen LogP contribution in [0.4, 0.5) is 0 Å². The van der Waals surface area contributed by atoms with Crippen molar-refractivity contribution in [2.24, 2.45) is 0 Å². The van der Waals surface area contributed by atoms with Gasteiger partial charge in [-0.1, -0.05) is 37.3 Å². The fraction of sp³-hybridized carbons (Fsp3) is 0.308. The van der Waals surface area contributed by atoms with Crippen molar-refractivity contribution < 1.29 is 0 Å². The molecule has 2 nitrogen and oxygen atoms in total. The average molecular weight is 200 g/mol. The Morgan fingerprint density at radius 1 is 1.20 bits per heavy atom. The number of rotatable bonds is 4. The summed E-state index contributed by atoms with van der Waals surface area (Å²) >= 11 is 0. The van der Waals surface area contributed by atoms with E-state index in [0.717, 1.165) is 13.0 Å². The van der Waals surface area contributed by atoms with Gasteiger partial charge in [-0.05, 0) is 18.1 Å². The molecule has 0 aliphatic heterocycles. The van der Waals surface area contributed by atoms with Gasteiger partial charge in [0.05, 0.1) is 0 Å². The van der Waals surface area contributed by atoms with E-state index in [0.29, 0.717) is 5.92 Å². The zero-order chi connectivity index (χ0) is 10.5. The van der Waals surface area contributed by atoms with E-state index >= 15 is 0 Å². The van der Waals surface area contributed by atoms with Crippen LogP contribution in [0, 0.1) is 0 Å². The van der Waals surface area contributed by atoms with Crippen molar-refractivity contribution in [2.45, 2.75) is 25.8 Å². The summed E-state index contributed by atoms with van der Waals surface area (Å²) < 4.78 is 2.00. The van der Waals surface area contributed by atoms with Gasteiger partial charge >= 0.3 is 0 Å². The van der Waals surface area contributed by atoms with Crippen LogP contribution in [0.1, 0.15) is 24.8 Å². The summed E-state index contributed by atoms with van der Waals surface area (Å²) in [5.41, 5.74) is 1.40. The molecule has 15 heavy (non-hydrogen) atoms. The summed E-state index contributed by atoms with van der Waals surface area (Å²) in [6.45, 7) is 3.19. The minimum absolute atomic E-state index is 0.561. The van der Waals surface area contributed by atoms with Crippen molar-refractivity contribution >= 4 is 0 Å². The number of nitrogens with zero attached hydrogens (tertiary/aromatic N) is 2. The topological polar surface area (TPSA) is 17.8 Å². The van der Waals surface area contributed by atoms with E-state index in [2.05, 4.69) is 42.4 Å². The highest BCUT2D eigenvalue weighted by atomic mass is 15.3. The van der Waals surface area contributed by atoms with Crippen LogP contribution in [0.5, 0.6) is 0 Å². The highest BCUT2D eigenvalue weighted by Gasteiger charge is 2.09. The molecule has 0 saturated carbocycles. The lowest BCUT2D eigenvalue weighted by Gasteiger charge is -2.15. The van der Waals surface area contributed by atoms with Crippen LogP contribution in [-0.2, 0) is 6.54 Å². The lowest BCUT2D eigenvalue weighted by Crippen LogP contribution is -2.08. The summed E-state index contributed by atoms with van der Waals surface area (Å²) in [5, 5.41) is 4.25. The maximum Gasteiger partial charge on any atom is 0.0489 e. The lowest BCUT2D eigenvalue weighted by atomic mass is 9.97. The molecule has 1 unspecified atom stereocenters. The van der Waals surface area contributed by atoms with Gasteiger partial charge in [-0.15, -0.1) is 0 Å². The highest BCUT2D eigenvalue weighted by molar-refractivity contribution is 5.19. The summed E-state index contributed by atoms with van der Waals surface area (Å²) in [5.74, 6) is 0.561. The van der Waals surface area contributed by atoms with Crippen LogP contribution >= 0.6 is 0 Å². The molecule has 2 rings (SSSR count). The summed E-state index contributed by atoms with van der Waals surface area (Å²) in [7, 11) is 0. The van der Waals surface area contributed by atoms with Crippen molar-refractivity contribution in [3.05, 3.63) is 54.4 Å². The first kappa shape index (κ1) is 9.97. The largest absolute Gasteiger partial charge is 0.272 e. The Morgan fingerprint density at radius 3 is 2.60 bits per heavy atom. The van der Waals surface area contributed by atoms with E-state index in [1.165, 1.54) is 5.56 Å². The fourth-order valence-corrected chi connectivity index (χ4v) is 1.83. The van der Waals surface area contributed by atoms with Gasteiger partial charge in [-0.25, -0.2) is 0 Å². The monoisotopic (exact) mass is 200 g/mol. The quantitative estimate of drug-likeness (QED) is 0.741. The zero-order valence-electron chi connectivity index (χ0n) is 9.00. The van der Waals surface area contributed by atoms with Crippen LogP contribution in [0.15, 0.2) is 48.8 Å². The number of benzene rings is 1. The molecule has 1 aromatic carbocycles. The molecule has 0 bridgehead atoms. The van der Waals surface area contributed by atoms with Crippen LogP contribution in [-0.4, -0.2) is 9.78 Å². The molecule has 78 valence electrons. The minimum Gasteiger partial charge on any atom is -0.272 e. The first-order chi connectivity index (χ1) is 7.40. The molecule has 2 heteroatoms. The van der Waals surface area contributed by atoms with Crippen LogP contribution in [0.2, 0.25) is 0 Å². The maximum atomic E-state index is 4.25. The first-order valence-electron chi connectivity index (χ1n) is 5.42. The third-order valence-electron chi connectivity index (χ3n) is 2.73. The van der Waals surface area contributed by atoms with E-state index in [9.17, 15) is 0 Å². The SMILES string of the molecule is CCC(Cn1cccn1)c1ccccc1. The fourth-order valence-electron chi connectivity index (χ4n) is 1.83. The Hall–Kier alpha value is -1.57. The average Bonchev–Trinajstić information content (AvgIpc) is 2.80. The molecule has 0 fully saturated rings. The van der Waals surface area contributed by atoms with Crippen molar-refractivity contribution in [3.63, 3.8) is 0 Å². The predicted molar refractivity (Wildman–Crippen MR) is 61.7 cm³/mol. The van der Waals surface area contributed by atoms with Crippen molar-refractivity contribution in [1.29, 1.82) is 0 Å². The molecule has 0 saturated heterocycles. The Morgan fingerprint density at radius 2 is 2.00 bits per heavy atom. The normalized spacial score (nSPS) is 12.6. The summed E-state index contributed by atoms with van der Waals surface area (Å²) in [4.78, 5) is 0. The first-order valence-corrected chi connectivity index (χ1v) is 5.42. The molecule has 1 heterocycles. The third-order valence-corrected chi connectivity index (χ3v) is 2.73. The Bertz CT molecular complexity index is 378. The second kappa shape index (κ2) is 4.78. The molecule has 1 atom stereocenters. The third kappa shape index (κ3) is 2.46. The van der Waals surface area contributed by atoms with Crippen LogP contribution < -0.4 is 0 Å². The van der Waals surface area contributed by atoms with Crippen molar-refractivity contribution in [3.8, 4) is 0 Å². The van der Waals surface area contributed by atoms with Crippen LogP contribution in [0.25, 0.3) is 0 Å². The van der Waals surface area contributed by atoms with Crippen LogP contribution in [0.3, 0.4) is 0 Å². The molecule has 0 amide bonds. The van der Waals surface area contributed by atoms with Gasteiger partial charge in [0, 0.05) is 24.9 Å². The lowest BCUT2D eigenvalue weighted by molar-refractivity contribution is 0.504. The molecule has 0 aliphatic carbocycles. The standard InChI is InChI=1S/C13H16N2/c1-2-12(11-15-10-6-9-14-15)13-7-4-3-5-8-13/h3-10,12H,2,11H2,1H3. The van der Waals surface area contributed by atoms with Gasteiger partial charge in [0.1, 0.15) is 0 Å². The molecule has 0 N–H and O–H groups in total. The molecule has 0 radical (unpaired) electrons. The van der Waals surface area contributed by atoms with E-state index in [-0.39, 0.29) is 0 Å². The summed E-state index contributed by atoms with van der Waals surface area (Å²) in [6, 6.07) is 12.6. The summed E-state index contributed by atoms with van der Waals surface area (Å²) in [6.07, 6.45) is 4.99. The predicted octanol–water partition coefficient (Wildman–Crippen LogP) is 3.08. The number of hydrogen-bond donors (Lipinski definition) is 0. The van der Waals surface area contributed by atoms with Crippen molar-refractivity contribution in [2.75, 3.05) is 0 Å². The molecule has 2 aromatic rings. The van der Waals surface area contributed by atoms with E-state index in [4.69, 9.17) is 0 Å². The number of aromatic nitrogens is 2. The van der Waals surface area contributed by atoms with Gasteiger partial charge in [-0.3, -0.25) is 4.68 Å². The van der Waals surface area contributed by atoms with E-state index in [1.54, 1.807) is 0 Å². The van der Waals surface area contributed by atoms with Gasteiger partial charge in [-0.2, -0.15) is 5.10 Å². The Kier molecular flexibility index (Phi) is 3.18. The molecule has 0 aliphatic rings.